The van der Waals surface area contributed by atoms with Crippen LogP contribution in [0.25, 0.3) is 0 Å². The van der Waals surface area contributed by atoms with Crippen molar-refractivity contribution >= 4 is 28.1 Å². The van der Waals surface area contributed by atoms with Crippen molar-refractivity contribution in [2.24, 2.45) is 0 Å². The van der Waals surface area contributed by atoms with Crippen molar-refractivity contribution in [1.82, 2.24) is 4.98 Å². The molecule has 0 unspecified atom stereocenters. The first kappa shape index (κ1) is 13.4. The van der Waals surface area contributed by atoms with Crippen LogP contribution < -0.4 is 11.1 Å². The molecule has 0 aliphatic heterocycles. The van der Waals surface area contributed by atoms with Gasteiger partial charge in [0.15, 0.2) is 5.13 Å². The van der Waals surface area contributed by atoms with Gasteiger partial charge in [-0.05, 0) is 31.0 Å². The minimum Gasteiger partial charge on any atom is -0.505 e. The SMILES string of the molecule is Cc1cc(C)c(O)c(NC(=O)Cc2csc(N)n2)c1. The van der Waals surface area contributed by atoms with Gasteiger partial charge >= 0.3 is 0 Å². The number of carbonyl (C=O) groups is 1. The molecule has 0 aliphatic carbocycles. The smallest absolute Gasteiger partial charge is 0.230 e. The fraction of sp³-hybridized carbons (Fsp3) is 0.231. The molecule has 0 bridgehead atoms. The number of amides is 1. The molecule has 0 fully saturated rings. The Morgan fingerprint density at radius 3 is 2.84 bits per heavy atom. The number of phenols is 1. The second kappa shape index (κ2) is 5.27. The number of thiazole rings is 1. The van der Waals surface area contributed by atoms with Crippen LogP contribution in [0.2, 0.25) is 0 Å². The van der Waals surface area contributed by atoms with Crippen LogP contribution in [0.3, 0.4) is 0 Å². The van der Waals surface area contributed by atoms with Crippen LogP contribution in [0, 0.1) is 13.8 Å². The fourth-order valence-corrected chi connectivity index (χ4v) is 2.38. The lowest BCUT2D eigenvalue weighted by Gasteiger charge is -2.10. The molecule has 2 aromatic rings. The van der Waals surface area contributed by atoms with Crippen molar-refractivity contribution in [1.29, 1.82) is 0 Å². The number of anilines is 2. The Labute approximate surface area is 115 Å². The highest BCUT2D eigenvalue weighted by atomic mass is 32.1. The van der Waals surface area contributed by atoms with Gasteiger partial charge in [0.25, 0.3) is 0 Å². The van der Waals surface area contributed by atoms with Gasteiger partial charge in [-0.25, -0.2) is 4.98 Å². The van der Waals surface area contributed by atoms with E-state index in [1.165, 1.54) is 11.3 Å². The molecule has 0 spiro atoms. The van der Waals surface area contributed by atoms with E-state index in [-0.39, 0.29) is 18.1 Å². The molecule has 1 aromatic heterocycles. The highest BCUT2D eigenvalue weighted by molar-refractivity contribution is 7.13. The third-order valence-corrected chi connectivity index (χ3v) is 3.35. The molecule has 4 N–H and O–H groups in total. The van der Waals surface area contributed by atoms with E-state index in [1.807, 2.05) is 13.0 Å². The first-order chi connectivity index (χ1) is 8.95. The average Bonchev–Trinajstić information content (AvgIpc) is 2.70. The monoisotopic (exact) mass is 277 g/mol. The van der Waals surface area contributed by atoms with Gasteiger partial charge in [-0.15, -0.1) is 11.3 Å². The normalized spacial score (nSPS) is 10.4. The molecule has 6 heteroatoms. The molecule has 1 amide bonds. The lowest BCUT2D eigenvalue weighted by atomic mass is 10.1. The standard InChI is InChI=1S/C13H15N3O2S/c1-7-3-8(2)12(18)10(4-7)16-11(17)5-9-6-19-13(14)15-9/h3-4,6,18H,5H2,1-2H3,(H2,14,15)(H,16,17). The number of aromatic nitrogens is 1. The molecule has 1 aromatic carbocycles. The summed E-state index contributed by atoms with van der Waals surface area (Å²) in [5.41, 5.74) is 8.26. The van der Waals surface area contributed by atoms with Gasteiger partial charge in [-0.2, -0.15) is 0 Å². The number of phenolic OH excluding ortho intramolecular Hbond substituents is 1. The van der Waals surface area contributed by atoms with Gasteiger partial charge in [0.1, 0.15) is 5.75 Å². The molecule has 0 aliphatic rings. The van der Waals surface area contributed by atoms with Gasteiger partial charge in [0, 0.05) is 5.38 Å². The van der Waals surface area contributed by atoms with Gasteiger partial charge < -0.3 is 16.2 Å². The average molecular weight is 277 g/mol. The quantitative estimate of drug-likeness (QED) is 0.751. The van der Waals surface area contributed by atoms with Gasteiger partial charge in [0.05, 0.1) is 17.8 Å². The number of nitrogens with zero attached hydrogens (tertiary/aromatic N) is 1. The van der Waals surface area contributed by atoms with Crippen LogP contribution in [0.1, 0.15) is 16.8 Å². The number of rotatable bonds is 3. The van der Waals surface area contributed by atoms with E-state index in [1.54, 1.807) is 18.4 Å². The van der Waals surface area contributed by atoms with Crippen LogP contribution in [-0.4, -0.2) is 16.0 Å². The van der Waals surface area contributed by atoms with E-state index in [9.17, 15) is 9.90 Å². The lowest BCUT2D eigenvalue weighted by molar-refractivity contribution is -0.115. The van der Waals surface area contributed by atoms with Crippen molar-refractivity contribution in [3.63, 3.8) is 0 Å². The maximum absolute atomic E-state index is 11.9. The predicted octanol–water partition coefficient (Wildman–Crippen LogP) is 2.23. The third kappa shape index (κ3) is 3.23. The highest BCUT2D eigenvalue weighted by Crippen LogP contribution is 2.28. The van der Waals surface area contributed by atoms with Crippen LogP contribution >= 0.6 is 11.3 Å². The molecule has 5 nitrogen and oxygen atoms in total. The number of hydrogen-bond acceptors (Lipinski definition) is 5. The number of benzene rings is 1. The van der Waals surface area contributed by atoms with Crippen LogP contribution in [0.5, 0.6) is 5.75 Å². The number of hydrogen-bond donors (Lipinski definition) is 3. The Balaban J connectivity index is 2.11. The van der Waals surface area contributed by atoms with Crippen molar-refractivity contribution in [2.45, 2.75) is 20.3 Å². The zero-order chi connectivity index (χ0) is 14.0. The van der Waals surface area contributed by atoms with Crippen LogP contribution in [-0.2, 0) is 11.2 Å². The Kier molecular flexibility index (Phi) is 3.71. The molecule has 100 valence electrons. The molecule has 0 saturated carbocycles. The molecule has 0 atom stereocenters. The van der Waals surface area contributed by atoms with E-state index in [0.29, 0.717) is 16.5 Å². The second-order valence-electron chi connectivity index (χ2n) is 4.38. The Morgan fingerprint density at radius 1 is 1.47 bits per heavy atom. The number of nitrogen functional groups attached to an aromatic ring is 1. The summed E-state index contributed by atoms with van der Waals surface area (Å²) in [5.74, 6) is -0.137. The summed E-state index contributed by atoms with van der Waals surface area (Å²) in [6.07, 6.45) is 0.139. The zero-order valence-corrected chi connectivity index (χ0v) is 11.5. The third-order valence-electron chi connectivity index (χ3n) is 2.63. The lowest BCUT2D eigenvalue weighted by Crippen LogP contribution is -2.15. The molecular formula is C13H15N3O2S. The molecule has 0 saturated heterocycles. The Bertz CT molecular complexity index is 622. The Hall–Kier alpha value is -2.08. The van der Waals surface area contributed by atoms with E-state index < -0.39 is 0 Å². The zero-order valence-electron chi connectivity index (χ0n) is 10.7. The van der Waals surface area contributed by atoms with Crippen LogP contribution in [0.15, 0.2) is 17.5 Å². The molecule has 1 heterocycles. The summed E-state index contributed by atoms with van der Waals surface area (Å²) in [7, 11) is 0. The number of carbonyl (C=O) groups excluding carboxylic acids is 1. The Morgan fingerprint density at radius 2 is 2.21 bits per heavy atom. The van der Waals surface area contributed by atoms with Crippen molar-refractivity contribution in [3.8, 4) is 5.75 Å². The summed E-state index contributed by atoms with van der Waals surface area (Å²) < 4.78 is 0. The summed E-state index contributed by atoms with van der Waals surface area (Å²) in [5, 5.41) is 14.8. The van der Waals surface area contributed by atoms with E-state index >= 15 is 0 Å². The summed E-state index contributed by atoms with van der Waals surface area (Å²) in [6.45, 7) is 3.70. The van der Waals surface area contributed by atoms with Gasteiger partial charge in [-0.3, -0.25) is 4.79 Å². The molecule has 2 rings (SSSR count). The first-order valence-electron chi connectivity index (χ1n) is 5.75. The fourth-order valence-electron chi connectivity index (χ4n) is 1.82. The maximum Gasteiger partial charge on any atom is 0.230 e. The van der Waals surface area contributed by atoms with Crippen molar-refractivity contribution in [2.75, 3.05) is 11.1 Å². The minimum absolute atomic E-state index is 0.0942. The number of aromatic hydroxyl groups is 1. The number of aryl methyl sites for hydroxylation is 2. The van der Waals surface area contributed by atoms with E-state index in [4.69, 9.17) is 5.73 Å². The molecular weight excluding hydrogens is 262 g/mol. The van der Waals surface area contributed by atoms with Crippen molar-refractivity contribution in [3.05, 3.63) is 34.3 Å². The van der Waals surface area contributed by atoms with Crippen LogP contribution in [0.4, 0.5) is 10.8 Å². The molecule has 19 heavy (non-hydrogen) atoms. The van der Waals surface area contributed by atoms with E-state index in [0.717, 1.165) is 11.1 Å². The summed E-state index contributed by atoms with van der Waals surface area (Å²) >= 11 is 1.30. The largest absolute Gasteiger partial charge is 0.505 e. The maximum atomic E-state index is 11.9. The summed E-state index contributed by atoms with van der Waals surface area (Å²) in [6, 6.07) is 3.59. The number of nitrogens with one attached hydrogen (secondary N) is 1. The summed E-state index contributed by atoms with van der Waals surface area (Å²) in [4.78, 5) is 15.9. The van der Waals surface area contributed by atoms with Gasteiger partial charge in [0.2, 0.25) is 5.91 Å². The first-order valence-corrected chi connectivity index (χ1v) is 6.63. The minimum atomic E-state index is -0.231. The van der Waals surface area contributed by atoms with E-state index in [2.05, 4.69) is 10.3 Å². The number of nitrogens with two attached hydrogens (primary N) is 1. The highest BCUT2D eigenvalue weighted by Gasteiger charge is 2.11. The molecule has 0 radical (unpaired) electrons. The van der Waals surface area contributed by atoms with Crippen molar-refractivity contribution < 1.29 is 9.90 Å². The topological polar surface area (TPSA) is 88.2 Å². The second-order valence-corrected chi connectivity index (χ2v) is 5.27. The predicted molar refractivity (Wildman–Crippen MR) is 76.4 cm³/mol. The van der Waals surface area contributed by atoms with Gasteiger partial charge in [-0.1, -0.05) is 6.07 Å².